The minimum atomic E-state index is -0.0524. The summed E-state index contributed by atoms with van der Waals surface area (Å²) in [4.78, 5) is 4.39. The van der Waals surface area contributed by atoms with Crippen molar-refractivity contribution < 1.29 is 0 Å². The monoisotopic (exact) mass is 252 g/mol. The minimum Gasteiger partial charge on any atom is -0.308 e. The van der Waals surface area contributed by atoms with Crippen molar-refractivity contribution in [3.63, 3.8) is 0 Å². The van der Waals surface area contributed by atoms with Crippen LogP contribution < -0.4 is 0 Å². The first-order valence-corrected chi connectivity index (χ1v) is 6.32. The van der Waals surface area contributed by atoms with Gasteiger partial charge < -0.3 is 4.57 Å². The molecule has 0 fully saturated rings. The van der Waals surface area contributed by atoms with Crippen LogP contribution in [-0.2, 0) is 5.54 Å². The Balaban J connectivity index is 2.29. The quantitative estimate of drug-likeness (QED) is 0.667. The maximum Gasteiger partial charge on any atom is 0.164 e. The van der Waals surface area contributed by atoms with Gasteiger partial charge >= 0.3 is 0 Å². The summed E-state index contributed by atoms with van der Waals surface area (Å²) in [7, 11) is 0. The lowest BCUT2D eigenvalue weighted by atomic mass is 10.0. The zero-order chi connectivity index (χ0) is 13.5. The van der Waals surface area contributed by atoms with E-state index in [1.54, 1.807) is 12.5 Å². The molecule has 0 aliphatic rings. The Morgan fingerprint density at radius 3 is 2.68 bits per heavy atom. The summed E-state index contributed by atoms with van der Waals surface area (Å²) in [5, 5.41) is 9.45. The molecule has 19 heavy (non-hydrogen) atoms. The van der Waals surface area contributed by atoms with Crippen LogP contribution in [0.2, 0.25) is 0 Å². The second-order valence-corrected chi connectivity index (χ2v) is 5.57. The molecule has 4 nitrogen and oxygen atoms in total. The molecular formula is C15H16N4. The van der Waals surface area contributed by atoms with Crippen LogP contribution in [0.25, 0.3) is 22.3 Å². The number of aromatic nitrogens is 4. The number of hydrogen-bond acceptors (Lipinski definition) is 3. The largest absolute Gasteiger partial charge is 0.308 e. The molecule has 0 unspecified atom stereocenters. The Hall–Kier alpha value is -2.23. The summed E-state index contributed by atoms with van der Waals surface area (Å²) in [5.41, 5.74) is 1.99. The van der Waals surface area contributed by atoms with Crippen LogP contribution in [0.1, 0.15) is 20.8 Å². The first-order valence-electron chi connectivity index (χ1n) is 6.32. The predicted molar refractivity (Wildman–Crippen MR) is 75.8 cm³/mol. The smallest absolute Gasteiger partial charge is 0.164 e. The molecule has 96 valence electrons. The highest BCUT2D eigenvalue weighted by Crippen LogP contribution is 2.29. The second kappa shape index (κ2) is 4.16. The third kappa shape index (κ3) is 1.99. The third-order valence-electron chi connectivity index (χ3n) is 3.16. The Morgan fingerprint density at radius 2 is 1.89 bits per heavy atom. The Bertz CT molecular complexity index is 717. The van der Waals surface area contributed by atoms with Gasteiger partial charge in [-0.3, -0.25) is 4.98 Å². The molecule has 0 aliphatic carbocycles. The van der Waals surface area contributed by atoms with Gasteiger partial charge in [-0.1, -0.05) is 18.2 Å². The Kier molecular flexibility index (Phi) is 2.59. The molecule has 3 aromatic rings. The van der Waals surface area contributed by atoms with E-state index in [-0.39, 0.29) is 5.54 Å². The van der Waals surface area contributed by atoms with Gasteiger partial charge in [-0.2, -0.15) is 0 Å². The van der Waals surface area contributed by atoms with Crippen LogP contribution in [0.15, 0.2) is 42.9 Å². The molecule has 0 bridgehead atoms. The van der Waals surface area contributed by atoms with Gasteiger partial charge in [0.1, 0.15) is 6.33 Å². The van der Waals surface area contributed by atoms with E-state index >= 15 is 0 Å². The van der Waals surface area contributed by atoms with E-state index in [2.05, 4.69) is 52.7 Å². The van der Waals surface area contributed by atoms with Crippen LogP contribution in [0.4, 0.5) is 0 Å². The molecule has 0 saturated carbocycles. The van der Waals surface area contributed by atoms with Gasteiger partial charge in [-0.25, -0.2) is 0 Å². The SMILES string of the molecule is CC(C)(C)n1cnnc1-c1cccc2ncccc12. The van der Waals surface area contributed by atoms with Crippen molar-refractivity contribution in [3.05, 3.63) is 42.9 Å². The molecule has 0 atom stereocenters. The number of pyridine rings is 1. The topological polar surface area (TPSA) is 43.6 Å². The molecular weight excluding hydrogens is 236 g/mol. The van der Waals surface area contributed by atoms with E-state index < -0.39 is 0 Å². The maximum atomic E-state index is 4.39. The molecule has 1 aromatic carbocycles. The number of rotatable bonds is 1. The van der Waals surface area contributed by atoms with E-state index in [0.29, 0.717) is 0 Å². The molecule has 0 spiro atoms. The number of benzene rings is 1. The van der Waals surface area contributed by atoms with Crippen molar-refractivity contribution in [2.45, 2.75) is 26.3 Å². The van der Waals surface area contributed by atoms with Crippen LogP contribution in [0.3, 0.4) is 0 Å². The van der Waals surface area contributed by atoms with E-state index in [0.717, 1.165) is 22.3 Å². The fourth-order valence-corrected chi connectivity index (χ4v) is 2.21. The van der Waals surface area contributed by atoms with Crippen molar-refractivity contribution in [2.24, 2.45) is 0 Å². The lowest BCUT2D eigenvalue weighted by Gasteiger charge is -2.22. The van der Waals surface area contributed by atoms with E-state index in [9.17, 15) is 0 Å². The fourth-order valence-electron chi connectivity index (χ4n) is 2.21. The van der Waals surface area contributed by atoms with E-state index in [4.69, 9.17) is 0 Å². The van der Waals surface area contributed by atoms with Crippen molar-refractivity contribution in [1.29, 1.82) is 0 Å². The van der Waals surface area contributed by atoms with Crippen LogP contribution in [-0.4, -0.2) is 19.7 Å². The zero-order valence-corrected chi connectivity index (χ0v) is 11.3. The minimum absolute atomic E-state index is 0.0524. The number of nitrogens with zero attached hydrogens (tertiary/aromatic N) is 4. The van der Waals surface area contributed by atoms with Gasteiger partial charge in [0.2, 0.25) is 0 Å². The van der Waals surface area contributed by atoms with E-state index in [1.165, 1.54) is 0 Å². The molecule has 0 aliphatic heterocycles. The normalized spacial score (nSPS) is 11.9. The van der Waals surface area contributed by atoms with E-state index in [1.807, 2.05) is 18.2 Å². The number of fused-ring (bicyclic) bond motifs is 1. The molecule has 4 heteroatoms. The van der Waals surface area contributed by atoms with Crippen LogP contribution >= 0.6 is 0 Å². The summed E-state index contributed by atoms with van der Waals surface area (Å²) in [5.74, 6) is 0.881. The third-order valence-corrected chi connectivity index (χ3v) is 3.16. The molecule has 2 aromatic heterocycles. The highest BCUT2D eigenvalue weighted by atomic mass is 15.3. The molecule has 0 N–H and O–H groups in total. The average molecular weight is 252 g/mol. The zero-order valence-electron chi connectivity index (χ0n) is 11.3. The first-order chi connectivity index (χ1) is 9.07. The molecule has 0 saturated heterocycles. The summed E-state index contributed by atoms with van der Waals surface area (Å²) in [6, 6.07) is 10.1. The Morgan fingerprint density at radius 1 is 1.05 bits per heavy atom. The highest BCUT2D eigenvalue weighted by Gasteiger charge is 2.19. The van der Waals surface area contributed by atoms with Crippen molar-refractivity contribution >= 4 is 10.9 Å². The van der Waals surface area contributed by atoms with Gasteiger partial charge in [-0.15, -0.1) is 10.2 Å². The molecule has 0 radical (unpaired) electrons. The van der Waals surface area contributed by atoms with Gasteiger partial charge in [0.15, 0.2) is 5.82 Å². The lowest BCUT2D eigenvalue weighted by molar-refractivity contribution is 0.400. The number of hydrogen-bond donors (Lipinski definition) is 0. The van der Waals surface area contributed by atoms with Crippen molar-refractivity contribution in [3.8, 4) is 11.4 Å². The van der Waals surface area contributed by atoms with Gasteiger partial charge in [0, 0.05) is 22.7 Å². The lowest BCUT2D eigenvalue weighted by Crippen LogP contribution is -2.21. The van der Waals surface area contributed by atoms with Gasteiger partial charge in [0.05, 0.1) is 5.52 Å². The molecule has 0 amide bonds. The summed E-state index contributed by atoms with van der Waals surface area (Å²) in [6.07, 6.45) is 3.59. The van der Waals surface area contributed by atoms with Gasteiger partial charge in [-0.05, 0) is 32.9 Å². The highest BCUT2D eigenvalue weighted by molar-refractivity contribution is 5.92. The standard InChI is InChI=1S/C15H16N4/c1-15(2,3)19-10-17-18-14(19)12-6-4-8-13-11(12)7-5-9-16-13/h4-10H,1-3H3. The maximum absolute atomic E-state index is 4.39. The van der Waals surface area contributed by atoms with Gasteiger partial charge in [0.25, 0.3) is 0 Å². The van der Waals surface area contributed by atoms with Crippen LogP contribution in [0.5, 0.6) is 0 Å². The fraction of sp³-hybridized carbons (Fsp3) is 0.267. The summed E-state index contributed by atoms with van der Waals surface area (Å²) >= 11 is 0. The summed E-state index contributed by atoms with van der Waals surface area (Å²) in [6.45, 7) is 6.43. The van der Waals surface area contributed by atoms with Crippen LogP contribution in [0, 0.1) is 0 Å². The van der Waals surface area contributed by atoms with Crippen molar-refractivity contribution in [2.75, 3.05) is 0 Å². The summed E-state index contributed by atoms with van der Waals surface area (Å²) < 4.78 is 2.09. The average Bonchev–Trinajstić information content (AvgIpc) is 2.87. The molecule has 2 heterocycles. The second-order valence-electron chi connectivity index (χ2n) is 5.57. The Labute approximate surface area is 112 Å². The first kappa shape index (κ1) is 11.8. The van der Waals surface area contributed by atoms with Crippen molar-refractivity contribution in [1.82, 2.24) is 19.7 Å². The molecule has 3 rings (SSSR count). The predicted octanol–water partition coefficient (Wildman–Crippen LogP) is 3.25.